The third-order valence-corrected chi connectivity index (χ3v) is 5.01. The SMILES string of the molecule is COC1CCOC2(CCN(C(=O)c3cccc(C)c3)CC2)C1. The Bertz CT molecular complexity index is 535. The Hall–Kier alpha value is -1.39. The van der Waals surface area contributed by atoms with Crippen LogP contribution in [0.4, 0.5) is 0 Å². The van der Waals surface area contributed by atoms with E-state index in [4.69, 9.17) is 9.47 Å². The summed E-state index contributed by atoms with van der Waals surface area (Å²) in [7, 11) is 1.78. The molecule has 0 aromatic heterocycles. The van der Waals surface area contributed by atoms with Crippen LogP contribution in [0.2, 0.25) is 0 Å². The summed E-state index contributed by atoms with van der Waals surface area (Å²) in [6.45, 7) is 4.32. The molecule has 3 rings (SSSR count). The first-order chi connectivity index (χ1) is 10.6. The first-order valence-electron chi connectivity index (χ1n) is 8.15. The average molecular weight is 303 g/mol. The minimum absolute atomic E-state index is 0.0810. The van der Waals surface area contributed by atoms with Gasteiger partial charge in [-0.05, 0) is 38.3 Å². The number of nitrogens with zero attached hydrogens (tertiary/aromatic N) is 1. The molecule has 1 spiro atoms. The maximum Gasteiger partial charge on any atom is 0.253 e. The van der Waals surface area contributed by atoms with Gasteiger partial charge in [0, 0.05) is 38.8 Å². The zero-order valence-corrected chi connectivity index (χ0v) is 13.5. The minimum Gasteiger partial charge on any atom is -0.381 e. The van der Waals surface area contributed by atoms with E-state index in [1.165, 1.54) is 0 Å². The van der Waals surface area contributed by atoms with Crippen molar-refractivity contribution in [1.29, 1.82) is 0 Å². The molecule has 120 valence electrons. The maximum atomic E-state index is 12.6. The number of hydrogen-bond donors (Lipinski definition) is 0. The van der Waals surface area contributed by atoms with Crippen molar-refractivity contribution in [1.82, 2.24) is 4.90 Å². The maximum absolute atomic E-state index is 12.6. The quantitative estimate of drug-likeness (QED) is 0.843. The number of carbonyl (C=O) groups excluding carboxylic acids is 1. The van der Waals surface area contributed by atoms with Gasteiger partial charge < -0.3 is 14.4 Å². The smallest absolute Gasteiger partial charge is 0.253 e. The predicted octanol–water partition coefficient (Wildman–Crippen LogP) is 2.80. The summed E-state index contributed by atoms with van der Waals surface area (Å²) in [6, 6.07) is 7.83. The number of carbonyl (C=O) groups is 1. The summed E-state index contributed by atoms with van der Waals surface area (Å²) < 4.78 is 11.6. The van der Waals surface area contributed by atoms with Crippen LogP contribution >= 0.6 is 0 Å². The molecule has 4 heteroatoms. The zero-order chi connectivity index (χ0) is 15.6. The molecular formula is C18H25NO3. The molecule has 1 aromatic carbocycles. The summed E-state index contributed by atoms with van der Waals surface area (Å²) in [6.07, 6.45) is 4.04. The van der Waals surface area contributed by atoms with E-state index in [1.54, 1.807) is 7.11 Å². The highest BCUT2D eigenvalue weighted by Gasteiger charge is 2.41. The van der Waals surface area contributed by atoms with Gasteiger partial charge in [-0.2, -0.15) is 0 Å². The lowest BCUT2D eigenvalue weighted by molar-refractivity contribution is -0.146. The molecule has 1 unspecified atom stereocenters. The van der Waals surface area contributed by atoms with Gasteiger partial charge >= 0.3 is 0 Å². The molecule has 2 fully saturated rings. The molecule has 2 aliphatic heterocycles. The average Bonchev–Trinajstić information content (AvgIpc) is 2.55. The highest BCUT2D eigenvalue weighted by molar-refractivity contribution is 5.94. The molecule has 0 radical (unpaired) electrons. The molecular weight excluding hydrogens is 278 g/mol. The van der Waals surface area contributed by atoms with E-state index < -0.39 is 0 Å². The Morgan fingerprint density at radius 3 is 2.82 bits per heavy atom. The fourth-order valence-electron chi connectivity index (χ4n) is 3.61. The molecule has 2 saturated heterocycles. The number of benzene rings is 1. The molecule has 1 atom stereocenters. The second-order valence-corrected chi connectivity index (χ2v) is 6.54. The largest absolute Gasteiger partial charge is 0.381 e. The van der Waals surface area contributed by atoms with E-state index in [0.717, 1.165) is 56.5 Å². The van der Waals surface area contributed by atoms with E-state index in [2.05, 4.69) is 0 Å². The van der Waals surface area contributed by atoms with Gasteiger partial charge in [0.2, 0.25) is 0 Å². The number of rotatable bonds is 2. The highest BCUT2D eigenvalue weighted by atomic mass is 16.5. The van der Waals surface area contributed by atoms with Crippen molar-refractivity contribution in [2.45, 2.75) is 44.3 Å². The molecule has 2 aliphatic rings. The van der Waals surface area contributed by atoms with Gasteiger partial charge in [0.15, 0.2) is 0 Å². The van der Waals surface area contributed by atoms with E-state index >= 15 is 0 Å². The van der Waals surface area contributed by atoms with Crippen LogP contribution in [0.3, 0.4) is 0 Å². The van der Waals surface area contributed by atoms with Gasteiger partial charge in [0.1, 0.15) is 0 Å². The number of methoxy groups -OCH3 is 1. The van der Waals surface area contributed by atoms with Crippen molar-refractivity contribution in [2.24, 2.45) is 0 Å². The number of ether oxygens (including phenoxy) is 2. The van der Waals surface area contributed by atoms with Gasteiger partial charge in [-0.15, -0.1) is 0 Å². The molecule has 0 bridgehead atoms. The summed E-state index contributed by atoms with van der Waals surface area (Å²) in [5.41, 5.74) is 1.83. The third kappa shape index (κ3) is 3.18. The minimum atomic E-state index is -0.0810. The molecule has 0 N–H and O–H groups in total. The van der Waals surface area contributed by atoms with Crippen molar-refractivity contribution in [2.75, 3.05) is 26.8 Å². The lowest BCUT2D eigenvalue weighted by Crippen LogP contribution is -2.51. The van der Waals surface area contributed by atoms with Gasteiger partial charge in [-0.1, -0.05) is 17.7 Å². The van der Waals surface area contributed by atoms with Crippen molar-refractivity contribution in [3.05, 3.63) is 35.4 Å². The number of likely N-dealkylation sites (tertiary alicyclic amines) is 1. The third-order valence-electron chi connectivity index (χ3n) is 5.01. The van der Waals surface area contributed by atoms with Crippen LogP contribution in [0.15, 0.2) is 24.3 Å². The zero-order valence-electron chi connectivity index (χ0n) is 13.5. The monoisotopic (exact) mass is 303 g/mol. The standard InChI is InChI=1S/C18H25NO3/c1-14-4-3-5-15(12-14)17(20)19-9-7-18(8-10-19)13-16(21-2)6-11-22-18/h3-5,12,16H,6-11,13H2,1-2H3. The topological polar surface area (TPSA) is 38.8 Å². The van der Waals surface area contributed by atoms with Crippen LogP contribution in [0.1, 0.15) is 41.6 Å². The Labute approximate surface area is 132 Å². The normalized spacial score (nSPS) is 24.5. The van der Waals surface area contributed by atoms with Crippen molar-refractivity contribution >= 4 is 5.91 Å². The second kappa shape index (κ2) is 6.39. The second-order valence-electron chi connectivity index (χ2n) is 6.54. The molecule has 22 heavy (non-hydrogen) atoms. The predicted molar refractivity (Wildman–Crippen MR) is 85.0 cm³/mol. The Balaban J connectivity index is 1.63. The lowest BCUT2D eigenvalue weighted by Gasteiger charge is -2.45. The van der Waals surface area contributed by atoms with Crippen LogP contribution < -0.4 is 0 Å². The van der Waals surface area contributed by atoms with Crippen LogP contribution in [-0.4, -0.2) is 49.3 Å². The van der Waals surface area contributed by atoms with Crippen molar-refractivity contribution in [3.63, 3.8) is 0 Å². The Kier molecular flexibility index (Phi) is 4.50. The molecule has 2 heterocycles. The van der Waals surface area contributed by atoms with Gasteiger partial charge in [0.05, 0.1) is 11.7 Å². The summed E-state index contributed by atoms with van der Waals surface area (Å²) in [5, 5.41) is 0. The summed E-state index contributed by atoms with van der Waals surface area (Å²) >= 11 is 0. The molecule has 0 saturated carbocycles. The fraction of sp³-hybridized carbons (Fsp3) is 0.611. The molecule has 4 nitrogen and oxygen atoms in total. The Morgan fingerprint density at radius 1 is 1.36 bits per heavy atom. The van der Waals surface area contributed by atoms with Crippen LogP contribution in [0.25, 0.3) is 0 Å². The number of hydrogen-bond acceptors (Lipinski definition) is 3. The lowest BCUT2D eigenvalue weighted by atomic mass is 9.83. The van der Waals surface area contributed by atoms with E-state index in [9.17, 15) is 4.79 Å². The van der Waals surface area contributed by atoms with E-state index in [-0.39, 0.29) is 11.5 Å². The number of aryl methyl sites for hydroxylation is 1. The molecule has 0 aliphatic carbocycles. The first kappa shape index (κ1) is 15.5. The molecule has 1 aromatic rings. The fourth-order valence-corrected chi connectivity index (χ4v) is 3.61. The van der Waals surface area contributed by atoms with Crippen LogP contribution in [0.5, 0.6) is 0 Å². The van der Waals surface area contributed by atoms with Gasteiger partial charge in [-0.3, -0.25) is 4.79 Å². The van der Waals surface area contributed by atoms with Gasteiger partial charge in [0.25, 0.3) is 5.91 Å². The van der Waals surface area contributed by atoms with E-state index in [0.29, 0.717) is 6.10 Å². The van der Waals surface area contributed by atoms with Crippen molar-refractivity contribution in [3.8, 4) is 0 Å². The van der Waals surface area contributed by atoms with Gasteiger partial charge in [-0.25, -0.2) is 0 Å². The first-order valence-corrected chi connectivity index (χ1v) is 8.15. The Morgan fingerprint density at radius 2 is 2.14 bits per heavy atom. The van der Waals surface area contributed by atoms with Crippen molar-refractivity contribution < 1.29 is 14.3 Å². The summed E-state index contributed by atoms with van der Waals surface area (Å²) in [5.74, 6) is 0.137. The number of amides is 1. The number of piperidine rings is 1. The van der Waals surface area contributed by atoms with Crippen LogP contribution in [0, 0.1) is 6.92 Å². The molecule has 1 amide bonds. The highest BCUT2D eigenvalue weighted by Crippen LogP contribution is 2.36. The van der Waals surface area contributed by atoms with E-state index in [1.807, 2.05) is 36.1 Å². The van der Waals surface area contributed by atoms with Crippen LogP contribution in [-0.2, 0) is 9.47 Å². The summed E-state index contributed by atoms with van der Waals surface area (Å²) in [4.78, 5) is 14.6.